The van der Waals surface area contributed by atoms with Crippen LogP contribution in [-0.2, 0) is 12.8 Å². The Morgan fingerprint density at radius 1 is 1.19 bits per heavy atom. The van der Waals surface area contributed by atoms with Gasteiger partial charge in [0.05, 0.1) is 59.0 Å². The molecule has 0 bridgehead atoms. The fourth-order valence-corrected chi connectivity index (χ4v) is 4.06. The lowest BCUT2D eigenvalue weighted by Gasteiger charge is -2.11. The number of nitriles is 1. The van der Waals surface area contributed by atoms with E-state index in [2.05, 4.69) is 30.7 Å². The van der Waals surface area contributed by atoms with Crippen LogP contribution in [-0.4, -0.2) is 32.3 Å². The molecule has 0 atom stereocenters. The molecule has 0 aliphatic rings. The van der Waals surface area contributed by atoms with E-state index in [4.69, 9.17) is 10.00 Å². The van der Waals surface area contributed by atoms with Crippen LogP contribution in [0, 0.1) is 18.3 Å². The molecule has 1 aromatic carbocycles. The molecule has 4 aromatic rings. The number of nitrogens with zero attached hydrogens (tertiary/aromatic N) is 5. The van der Waals surface area contributed by atoms with Crippen LogP contribution in [0.15, 0.2) is 42.6 Å². The minimum absolute atomic E-state index is 0.0488. The van der Waals surface area contributed by atoms with Gasteiger partial charge in [0.2, 0.25) is 5.88 Å². The average molecular weight is 430 g/mol. The summed E-state index contributed by atoms with van der Waals surface area (Å²) in [6, 6.07) is 13.0. The summed E-state index contributed by atoms with van der Waals surface area (Å²) in [5.41, 5.74) is 4.42. The molecule has 0 unspecified atom stereocenters. The van der Waals surface area contributed by atoms with E-state index < -0.39 is 0 Å². The second-order valence-electron chi connectivity index (χ2n) is 6.73. The molecule has 0 saturated heterocycles. The van der Waals surface area contributed by atoms with Gasteiger partial charge in [-0.05, 0) is 36.7 Å². The van der Waals surface area contributed by atoms with Crippen molar-refractivity contribution in [3.05, 3.63) is 70.1 Å². The highest BCUT2D eigenvalue weighted by atomic mass is 32.1. The molecule has 8 nitrogen and oxygen atoms in total. The highest BCUT2D eigenvalue weighted by molar-refractivity contribution is 7.06. The number of aryl methyl sites for hydroxylation is 1. The van der Waals surface area contributed by atoms with E-state index in [0.29, 0.717) is 34.9 Å². The maximum Gasteiger partial charge on any atom is 0.258 e. The summed E-state index contributed by atoms with van der Waals surface area (Å²) in [4.78, 5) is 27.3. The predicted octanol–water partition coefficient (Wildman–Crippen LogP) is 3.71. The molecular weight excluding hydrogens is 412 g/mol. The smallest absolute Gasteiger partial charge is 0.258 e. The highest BCUT2D eigenvalue weighted by Crippen LogP contribution is 2.25. The maximum absolute atomic E-state index is 13.1. The molecule has 0 aliphatic heterocycles. The summed E-state index contributed by atoms with van der Waals surface area (Å²) < 4.78 is 9.48. The Morgan fingerprint density at radius 3 is 2.77 bits per heavy atom. The van der Waals surface area contributed by atoms with Crippen molar-refractivity contribution in [1.29, 1.82) is 5.26 Å². The fourth-order valence-electron chi connectivity index (χ4n) is 3.18. The number of methoxy groups -OCH3 is 1. The molecule has 0 fully saturated rings. The van der Waals surface area contributed by atoms with E-state index in [1.807, 2.05) is 24.3 Å². The number of rotatable bonds is 6. The van der Waals surface area contributed by atoms with Crippen molar-refractivity contribution in [2.45, 2.75) is 19.8 Å². The zero-order chi connectivity index (χ0) is 21.8. The topological polar surface area (TPSA) is 114 Å². The van der Waals surface area contributed by atoms with Crippen molar-refractivity contribution in [3.8, 4) is 11.9 Å². The zero-order valence-electron chi connectivity index (χ0n) is 16.9. The van der Waals surface area contributed by atoms with Gasteiger partial charge < -0.3 is 10.1 Å². The molecule has 3 heterocycles. The van der Waals surface area contributed by atoms with E-state index in [0.717, 1.165) is 21.6 Å². The van der Waals surface area contributed by atoms with Gasteiger partial charge in [0.15, 0.2) is 0 Å². The van der Waals surface area contributed by atoms with Gasteiger partial charge in [-0.1, -0.05) is 12.1 Å². The van der Waals surface area contributed by atoms with Gasteiger partial charge in [-0.3, -0.25) is 9.78 Å². The first-order chi connectivity index (χ1) is 15.1. The number of hydrogen-bond acceptors (Lipinski definition) is 8. The molecule has 4 rings (SSSR count). The number of carbonyl (C=O) groups excluding carboxylic acids is 1. The Kier molecular flexibility index (Phi) is 5.82. The monoisotopic (exact) mass is 430 g/mol. The van der Waals surface area contributed by atoms with E-state index >= 15 is 0 Å². The van der Waals surface area contributed by atoms with Gasteiger partial charge in [0.25, 0.3) is 5.91 Å². The standard InChI is InChI=1S/C22H18N6O2S/c1-13-21(22(29)27-17-7-8-20(30-2)26-18(17)9-10-23)19(31-28-13)11-14-12-24-15-5-3-4-6-16(15)25-14/h3-8,12H,9,11H2,1-2H3,(H,27,29). The first-order valence-electron chi connectivity index (χ1n) is 9.47. The number of anilines is 1. The van der Waals surface area contributed by atoms with Crippen LogP contribution < -0.4 is 10.1 Å². The van der Waals surface area contributed by atoms with Crippen LogP contribution in [0.3, 0.4) is 0 Å². The number of fused-ring (bicyclic) bond motifs is 1. The van der Waals surface area contributed by atoms with Gasteiger partial charge in [-0.25, -0.2) is 9.97 Å². The average Bonchev–Trinajstić information content (AvgIpc) is 3.15. The zero-order valence-corrected chi connectivity index (χ0v) is 17.7. The van der Waals surface area contributed by atoms with Crippen molar-refractivity contribution in [2.24, 2.45) is 0 Å². The van der Waals surface area contributed by atoms with Gasteiger partial charge in [-0.15, -0.1) is 0 Å². The van der Waals surface area contributed by atoms with Crippen LogP contribution in [0.5, 0.6) is 5.88 Å². The van der Waals surface area contributed by atoms with Gasteiger partial charge >= 0.3 is 0 Å². The lowest BCUT2D eigenvalue weighted by atomic mass is 10.1. The minimum Gasteiger partial charge on any atom is -0.481 e. The number of benzene rings is 1. The predicted molar refractivity (Wildman–Crippen MR) is 117 cm³/mol. The summed E-state index contributed by atoms with van der Waals surface area (Å²) in [6.07, 6.45) is 2.21. The van der Waals surface area contributed by atoms with Gasteiger partial charge in [0, 0.05) is 23.6 Å². The Hall–Kier alpha value is -3.90. The summed E-state index contributed by atoms with van der Waals surface area (Å²) in [6.45, 7) is 1.80. The van der Waals surface area contributed by atoms with Crippen LogP contribution >= 0.6 is 11.5 Å². The molecule has 3 aromatic heterocycles. The number of amides is 1. The van der Waals surface area contributed by atoms with Crippen LogP contribution in [0.1, 0.15) is 32.3 Å². The lowest BCUT2D eigenvalue weighted by Crippen LogP contribution is -2.16. The first-order valence-corrected chi connectivity index (χ1v) is 10.2. The molecule has 31 heavy (non-hydrogen) atoms. The molecule has 0 spiro atoms. The third kappa shape index (κ3) is 4.34. The number of para-hydroxylation sites is 2. The Balaban J connectivity index is 1.61. The molecule has 0 aliphatic carbocycles. The van der Waals surface area contributed by atoms with Crippen LogP contribution in [0.2, 0.25) is 0 Å². The molecule has 154 valence electrons. The van der Waals surface area contributed by atoms with Crippen LogP contribution in [0.25, 0.3) is 11.0 Å². The first kappa shape index (κ1) is 20.4. The number of hydrogen-bond donors (Lipinski definition) is 1. The second kappa shape index (κ2) is 8.85. The van der Waals surface area contributed by atoms with Crippen LogP contribution in [0.4, 0.5) is 5.69 Å². The summed E-state index contributed by atoms with van der Waals surface area (Å²) in [5, 5.41) is 12.0. The van der Waals surface area contributed by atoms with E-state index in [1.54, 1.807) is 25.3 Å². The summed E-state index contributed by atoms with van der Waals surface area (Å²) >= 11 is 1.27. The van der Waals surface area contributed by atoms with Crippen molar-refractivity contribution < 1.29 is 9.53 Å². The fraction of sp³-hybridized carbons (Fsp3) is 0.182. The molecule has 0 saturated carbocycles. The SMILES string of the molecule is COc1ccc(NC(=O)c2c(C)nsc2Cc2cnc3ccccc3n2)c(CC#N)n1. The molecule has 0 radical (unpaired) electrons. The summed E-state index contributed by atoms with van der Waals surface area (Å²) in [7, 11) is 1.50. The minimum atomic E-state index is -0.304. The molecule has 1 amide bonds. The molecular formula is C22H18N6O2S. The Bertz CT molecular complexity index is 1310. The second-order valence-corrected chi connectivity index (χ2v) is 7.59. The maximum atomic E-state index is 13.1. The van der Waals surface area contributed by atoms with Crippen molar-refractivity contribution in [3.63, 3.8) is 0 Å². The number of pyridine rings is 1. The number of nitrogens with one attached hydrogen (secondary N) is 1. The van der Waals surface area contributed by atoms with Gasteiger partial charge in [0.1, 0.15) is 0 Å². The van der Waals surface area contributed by atoms with E-state index in [-0.39, 0.29) is 12.3 Å². The van der Waals surface area contributed by atoms with E-state index in [1.165, 1.54) is 18.6 Å². The number of ether oxygens (including phenoxy) is 1. The quantitative estimate of drug-likeness (QED) is 0.496. The third-order valence-electron chi connectivity index (χ3n) is 4.65. The van der Waals surface area contributed by atoms with Crippen molar-refractivity contribution >= 4 is 34.2 Å². The number of aromatic nitrogens is 4. The van der Waals surface area contributed by atoms with Crippen molar-refractivity contribution in [1.82, 2.24) is 19.3 Å². The lowest BCUT2D eigenvalue weighted by molar-refractivity contribution is 0.102. The van der Waals surface area contributed by atoms with E-state index in [9.17, 15) is 4.79 Å². The molecule has 1 N–H and O–H groups in total. The highest BCUT2D eigenvalue weighted by Gasteiger charge is 2.21. The summed E-state index contributed by atoms with van der Waals surface area (Å²) in [5.74, 6) is 0.0772. The normalized spacial score (nSPS) is 10.6. The Morgan fingerprint density at radius 2 is 2.00 bits per heavy atom. The largest absolute Gasteiger partial charge is 0.481 e. The van der Waals surface area contributed by atoms with Crippen molar-refractivity contribution in [2.75, 3.05) is 12.4 Å². The third-order valence-corrected chi connectivity index (χ3v) is 5.59. The Labute approximate surface area is 182 Å². The molecule has 9 heteroatoms. The van der Waals surface area contributed by atoms with Gasteiger partial charge in [-0.2, -0.15) is 9.64 Å². The number of carbonyl (C=O) groups is 1.